The molecule has 2 aromatic rings. The van der Waals surface area contributed by atoms with Gasteiger partial charge in [0.15, 0.2) is 0 Å². The molecular formula is C18H21Cl3N4O6. The SMILES string of the molecule is CC(C)(C)N(N)C(=O)c1ccc([N+](=O)[O-])cc1[N+](=O)[O-].Cl.Cl.O=C(Cl)c1ccccc1. The van der Waals surface area contributed by atoms with Gasteiger partial charge in [-0.2, -0.15) is 0 Å². The second-order valence-corrected chi connectivity index (χ2v) is 7.04. The van der Waals surface area contributed by atoms with E-state index in [-0.39, 0.29) is 30.4 Å². The van der Waals surface area contributed by atoms with Crippen molar-refractivity contribution in [2.75, 3.05) is 0 Å². The first-order valence-corrected chi connectivity index (χ1v) is 8.51. The summed E-state index contributed by atoms with van der Waals surface area (Å²) in [6, 6.07) is 11.5. The Morgan fingerprint density at radius 1 is 0.968 bits per heavy atom. The minimum absolute atomic E-state index is 0. The van der Waals surface area contributed by atoms with Crippen molar-refractivity contribution in [1.29, 1.82) is 0 Å². The van der Waals surface area contributed by atoms with E-state index in [4.69, 9.17) is 17.4 Å². The van der Waals surface area contributed by atoms with Crippen LogP contribution >= 0.6 is 36.4 Å². The van der Waals surface area contributed by atoms with Crippen LogP contribution in [0.15, 0.2) is 48.5 Å². The van der Waals surface area contributed by atoms with Crippen LogP contribution in [0.4, 0.5) is 11.4 Å². The van der Waals surface area contributed by atoms with E-state index in [1.807, 2.05) is 6.07 Å². The lowest BCUT2D eigenvalue weighted by molar-refractivity contribution is -0.394. The Balaban J connectivity index is 0. The Kier molecular flexibility index (Phi) is 12.6. The summed E-state index contributed by atoms with van der Waals surface area (Å²) in [5, 5.41) is 22.0. The van der Waals surface area contributed by atoms with E-state index >= 15 is 0 Å². The molecule has 13 heteroatoms. The lowest BCUT2D eigenvalue weighted by atomic mass is 10.1. The summed E-state index contributed by atoms with van der Waals surface area (Å²) in [6.45, 7) is 4.96. The topological polar surface area (TPSA) is 150 Å². The van der Waals surface area contributed by atoms with Crippen LogP contribution in [0, 0.1) is 20.2 Å². The van der Waals surface area contributed by atoms with Crippen molar-refractivity contribution in [3.63, 3.8) is 0 Å². The van der Waals surface area contributed by atoms with E-state index in [1.54, 1.807) is 45.0 Å². The van der Waals surface area contributed by atoms with E-state index < -0.39 is 37.9 Å². The normalized spacial score (nSPS) is 9.71. The molecule has 0 saturated carbocycles. The van der Waals surface area contributed by atoms with Crippen LogP contribution < -0.4 is 5.84 Å². The third-order valence-electron chi connectivity index (χ3n) is 3.56. The predicted molar refractivity (Wildman–Crippen MR) is 121 cm³/mol. The van der Waals surface area contributed by atoms with Gasteiger partial charge in [0.2, 0.25) is 0 Å². The Bertz CT molecular complexity index is 936. The molecule has 0 aliphatic carbocycles. The molecule has 0 aliphatic heterocycles. The number of benzene rings is 2. The Labute approximate surface area is 195 Å². The lowest BCUT2D eigenvalue weighted by Gasteiger charge is -2.30. The molecule has 0 spiro atoms. The number of hydrazine groups is 1. The summed E-state index contributed by atoms with van der Waals surface area (Å²) in [4.78, 5) is 42.5. The minimum atomic E-state index is -0.850. The van der Waals surface area contributed by atoms with Crippen LogP contribution in [0.3, 0.4) is 0 Å². The highest BCUT2D eigenvalue weighted by Gasteiger charge is 2.31. The van der Waals surface area contributed by atoms with Crippen molar-refractivity contribution in [2.24, 2.45) is 5.84 Å². The number of carbonyl (C=O) groups is 2. The second-order valence-electron chi connectivity index (χ2n) is 6.70. The van der Waals surface area contributed by atoms with Gasteiger partial charge in [-0.3, -0.25) is 34.8 Å². The summed E-state index contributed by atoms with van der Waals surface area (Å²) < 4.78 is 0. The fourth-order valence-corrected chi connectivity index (χ4v) is 2.10. The molecular weight excluding hydrogens is 475 g/mol. The number of amides is 1. The Hall–Kier alpha value is -2.79. The fraction of sp³-hybridized carbons (Fsp3) is 0.222. The van der Waals surface area contributed by atoms with E-state index in [1.165, 1.54) is 0 Å². The third kappa shape index (κ3) is 8.85. The number of nitro benzene ring substituents is 2. The number of non-ortho nitro benzene ring substituents is 1. The average molecular weight is 496 g/mol. The van der Waals surface area contributed by atoms with E-state index in [0.717, 1.165) is 23.2 Å². The minimum Gasteiger partial charge on any atom is -0.276 e. The van der Waals surface area contributed by atoms with Crippen molar-refractivity contribution in [3.05, 3.63) is 79.9 Å². The first-order valence-electron chi connectivity index (χ1n) is 8.13. The van der Waals surface area contributed by atoms with Gasteiger partial charge in [0.25, 0.3) is 22.5 Å². The van der Waals surface area contributed by atoms with Crippen LogP contribution in [0.1, 0.15) is 41.5 Å². The van der Waals surface area contributed by atoms with E-state index in [2.05, 4.69) is 0 Å². The van der Waals surface area contributed by atoms with Gasteiger partial charge < -0.3 is 0 Å². The van der Waals surface area contributed by atoms with Gasteiger partial charge in [-0.05, 0) is 38.4 Å². The number of nitrogens with two attached hydrogens (primary N) is 1. The first-order chi connectivity index (χ1) is 13.4. The number of hydrogen-bond donors (Lipinski definition) is 1. The molecule has 0 aliphatic rings. The number of carbonyl (C=O) groups excluding carboxylic acids is 2. The first kappa shape index (κ1) is 30.4. The van der Waals surface area contributed by atoms with Gasteiger partial charge in [0, 0.05) is 11.6 Å². The summed E-state index contributed by atoms with van der Waals surface area (Å²) in [5.74, 6) is 4.84. The van der Waals surface area contributed by atoms with E-state index in [0.29, 0.717) is 5.56 Å². The molecule has 31 heavy (non-hydrogen) atoms. The summed E-state index contributed by atoms with van der Waals surface area (Å²) in [7, 11) is 0. The van der Waals surface area contributed by atoms with Gasteiger partial charge in [0.1, 0.15) is 5.56 Å². The van der Waals surface area contributed by atoms with Gasteiger partial charge >= 0.3 is 0 Å². The molecule has 2 rings (SSSR count). The number of halogens is 3. The van der Waals surface area contributed by atoms with Gasteiger partial charge in [-0.25, -0.2) is 5.84 Å². The smallest absolute Gasteiger partial charge is 0.276 e. The predicted octanol–water partition coefficient (Wildman–Crippen LogP) is 4.53. The van der Waals surface area contributed by atoms with E-state index in [9.17, 15) is 29.8 Å². The lowest BCUT2D eigenvalue weighted by Crippen LogP contribution is -2.50. The van der Waals surface area contributed by atoms with Gasteiger partial charge in [-0.1, -0.05) is 30.3 Å². The molecule has 10 nitrogen and oxygen atoms in total. The number of nitro groups is 2. The van der Waals surface area contributed by atoms with Crippen LogP contribution in [0.2, 0.25) is 0 Å². The molecule has 0 atom stereocenters. The van der Waals surface area contributed by atoms with Crippen LogP contribution in [-0.2, 0) is 0 Å². The number of nitrogens with zero attached hydrogens (tertiary/aromatic N) is 3. The molecule has 0 saturated heterocycles. The zero-order chi connectivity index (χ0) is 22.4. The molecule has 2 aromatic carbocycles. The molecule has 0 aromatic heterocycles. The second kappa shape index (κ2) is 12.8. The van der Waals surface area contributed by atoms with Crippen molar-refractivity contribution in [3.8, 4) is 0 Å². The highest BCUT2D eigenvalue weighted by molar-refractivity contribution is 6.67. The molecule has 0 radical (unpaired) electrons. The Morgan fingerprint density at radius 2 is 1.48 bits per heavy atom. The summed E-state index contributed by atoms with van der Waals surface area (Å²) >= 11 is 5.16. The number of rotatable bonds is 4. The maximum atomic E-state index is 12.1. The Morgan fingerprint density at radius 3 is 1.84 bits per heavy atom. The molecule has 170 valence electrons. The van der Waals surface area contributed by atoms with Crippen molar-refractivity contribution in [1.82, 2.24) is 5.01 Å². The quantitative estimate of drug-likeness (QED) is 0.215. The molecule has 0 unspecified atom stereocenters. The van der Waals surface area contributed by atoms with Crippen LogP contribution in [0.25, 0.3) is 0 Å². The van der Waals surface area contributed by atoms with Gasteiger partial charge in [0.05, 0.1) is 21.5 Å². The highest BCUT2D eigenvalue weighted by Crippen LogP contribution is 2.26. The largest absolute Gasteiger partial charge is 0.289 e. The highest BCUT2D eigenvalue weighted by atomic mass is 35.5. The van der Waals surface area contributed by atoms with Crippen LogP contribution in [-0.4, -0.2) is 31.5 Å². The van der Waals surface area contributed by atoms with Crippen molar-refractivity contribution in [2.45, 2.75) is 26.3 Å². The zero-order valence-corrected chi connectivity index (χ0v) is 19.1. The average Bonchev–Trinajstić information content (AvgIpc) is 2.66. The molecule has 0 bridgehead atoms. The standard InChI is InChI=1S/C11H14N4O5.C7H5ClO.2ClH/c1-11(2,3)13(12)10(16)8-5-4-7(14(17)18)6-9(8)15(19)20;8-7(9)6-4-2-1-3-5-6;;/h4-6H,12H2,1-3H3;1-5H;2*1H. The summed E-state index contributed by atoms with van der Waals surface area (Å²) in [6.07, 6.45) is 0. The monoisotopic (exact) mass is 494 g/mol. The maximum absolute atomic E-state index is 12.1. The molecule has 1 amide bonds. The van der Waals surface area contributed by atoms with Crippen LogP contribution in [0.5, 0.6) is 0 Å². The fourth-order valence-electron chi connectivity index (χ4n) is 1.97. The zero-order valence-electron chi connectivity index (χ0n) is 16.7. The molecule has 0 fully saturated rings. The third-order valence-corrected chi connectivity index (χ3v) is 3.78. The van der Waals surface area contributed by atoms with Crippen molar-refractivity contribution >= 4 is 58.9 Å². The summed E-state index contributed by atoms with van der Waals surface area (Å²) in [5.41, 5.74) is -1.61. The number of hydrogen-bond acceptors (Lipinski definition) is 7. The van der Waals surface area contributed by atoms with Gasteiger partial charge in [-0.15, -0.1) is 24.8 Å². The molecule has 0 heterocycles. The maximum Gasteiger partial charge on any atom is 0.289 e. The molecule has 2 N–H and O–H groups in total. The van der Waals surface area contributed by atoms with Crippen molar-refractivity contribution < 1.29 is 19.4 Å².